The summed E-state index contributed by atoms with van der Waals surface area (Å²) >= 11 is 9.44. The fourth-order valence-corrected chi connectivity index (χ4v) is 2.20. The minimum Gasteiger partial charge on any atom is -0.497 e. The Kier molecular flexibility index (Phi) is 4.22. The van der Waals surface area contributed by atoms with Gasteiger partial charge in [-0.15, -0.1) is 0 Å². The quantitative estimate of drug-likeness (QED) is 0.815. The van der Waals surface area contributed by atoms with Gasteiger partial charge >= 0.3 is 0 Å². The molecule has 3 nitrogen and oxygen atoms in total. The second-order valence-corrected chi connectivity index (χ2v) is 5.30. The van der Waals surface area contributed by atoms with E-state index in [2.05, 4.69) is 15.9 Å². The second kappa shape index (κ2) is 5.72. The molecule has 0 radical (unpaired) electrons. The average molecular weight is 343 g/mol. The van der Waals surface area contributed by atoms with Crippen LogP contribution in [0.1, 0.15) is 5.56 Å². The summed E-state index contributed by atoms with van der Waals surface area (Å²) in [6, 6.07) is 8.99. The molecule has 0 heterocycles. The van der Waals surface area contributed by atoms with E-state index in [0.717, 1.165) is 15.8 Å². The predicted octanol–water partition coefficient (Wildman–Crippen LogP) is 4.79. The number of hydrogen-bond acceptors (Lipinski definition) is 3. The van der Waals surface area contributed by atoms with Crippen LogP contribution in [0.3, 0.4) is 0 Å². The van der Waals surface area contributed by atoms with E-state index in [1.165, 1.54) is 0 Å². The van der Waals surface area contributed by atoms with Gasteiger partial charge in [0.25, 0.3) is 0 Å². The molecule has 2 aromatic carbocycles. The average Bonchev–Trinajstić information content (AvgIpc) is 2.38. The molecule has 0 aliphatic carbocycles. The van der Waals surface area contributed by atoms with Crippen molar-refractivity contribution in [1.82, 2.24) is 0 Å². The van der Waals surface area contributed by atoms with Crippen molar-refractivity contribution >= 4 is 33.2 Å². The fourth-order valence-electron chi connectivity index (χ4n) is 1.61. The number of rotatable bonds is 3. The third kappa shape index (κ3) is 3.14. The highest BCUT2D eigenvalue weighted by Gasteiger charge is 2.09. The maximum Gasteiger partial charge on any atom is 0.141 e. The van der Waals surface area contributed by atoms with Crippen LogP contribution in [0.4, 0.5) is 5.69 Å². The molecule has 2 N–H and O–H groups in total. The van der Waals surface area contributed by atoms with Gasteiger partial charge in [0, 0.05) is 6.07 Å². The zero-order valence-corrected chi connectivity index (χ0v) is 12.9. The number of anilines is 1. The lowest BCUT2D eigenvalue weighted by Crippen LogP contribution is -1.93. The van der Waals surface area contributed by atoms with Crippen molar-refractivity contribution in [1.29, 1.82) is 0 Å². The summed E-state index contributed by atoms with van der Waals surface area (Å²) in [5.41, 5.74) is 7.20. The van der Waals surface area contributed by atoms with Crippen molar-refractivity contribution < 1.29 is 9.47 Å². The van der Waals surface area contributed by atoms with Gasteiger partial charge < -0.3 is 15.2 Å². The molecule has 0 aliphatic heterocycles. The highest BCUT2D eigenvalue weighted by Crippen LogP contribution is 2.36. The van der Waals surface area contributed by atoms with Gasteiger partial charge in [0.1, 0.15) is 17.2 Å². The summed E-state index contributed by atoms with van der Waals surface area (Å²) in [7, 11) is 1.62. The molecule has 5 heteroatoms. The first-order chi connectivity index (χ1) is 9.01. The summed E-state index contributed by atoms with van der Waals surface area (Å²) < 4.78 is 11.8. The molecule has 0 spiro atoms. The number of ether oxygens (including phenoxy) is 2. The van der Waals surface area contributed by atoms with E-state index in [9.17, 15) is 0 Å². The minimum atomic E-state index is 0.477. The maximum atomic E-state index is 6.00. The normalized spacial score (nSPS) is 10.3. The molecule has 0 bridgehead atoms. The van der Waals surface area contributed by atoms with Gasteiger partial charge in [0.05, 0.1) is 22.3 Å². The molecule has 100 valence electrons. The molecule has 0 saturated carbocycles. The first kappa shape index (κ1) is 14.0. The van der Waals surface area contributed by atoms with Crippen LogP contribution in [-0.2, 0) is 0 Å². The highest BCUT2D eigenvalue weighted by atomic mass is 79.9. The van der Waals surface area contributed by atoms with Gasteiger partial charge in [0.15, 0.2) is 0 Å². The first-order valence-corrected chi connectivity index (χ1v) is 6.75. The smallest absolute Gasteiger partial charge is 0.141 e. The summed E-state index contributed by atoms with van der Waals surface area (Å²) in [6.45, 7) is 1.92. The van der Waals surface area contributed by atoms with Crippen LogP contribution in [0.5, 0.6) is 17.2 Å². The molecular formula is C14H13BrClNO2. The Balaban J connectivity index is 2.33. The topological polar surface area (TPSA) is 44.5 Å². The van der Waals surface area contributed by atoms with Crippen LogP contribution < -0.4 is 15.2 Å². The van der Waals surface area contributed by atoms with E-state index in [1.807, 2.05) is 25.1 Å². The maximum absolute atomic E-state index is 6.00. The van der Waals surface area contributed by atoms with Crippen molar-refractivity contribution in [2.75, 3.05) is 12.8 Å². The number of aryl methyl sites for hydroxylation is 1. The van der Waals surface area contributed by atoms with Gasteiger partial charge in [-0.05, 0) is 52.7 Å². The Labute approximate surface area is 125 Å². The Morgan fingerprint density at radius 3 is 2.53 bits per heavy atom. The number of nitrogen functional groups attached to an aromatic ring is 1. The highest BCUT2D eigenvalue weighted by molar-refractivity contribution is 9.10. The van der Waals surface area contributed by atoms with Crippen molar-refractivity contribution in [3.05, 3.63) is 45.4 Å². The van der Waals surface area contributed by atoms with E-state index < -0.39 is 0 Å². The summed E-state index contributed by atoms with van der Waals surface area (Å²) in [5.74, 6) is 2.11. The van der Waals surface area contributed by atoms with Crippen LogP contribution in [0.25, 0.3) is 0 Å². The summed E-state index contributed by atoms with van der Waals surface area (Å²) in [6.07, 6.45) is 0. The summed E-state index contributed by atoms with van der Waals surface area (Å²) in [4.78, 5) is 0. The number of hydrogen-bond donors (Lipinski definition) is 1. The fraction of sp³-hybridized carbons (Fsp3) is 0.143. The molecule has 0 aromatic heterocycles. The molecule has 0 fully saturated rings. The molecular weight excluding hydrogens is 330 g/mol. The van der Waals surface area contributed by atoms with Gasteiger partial charge in [-0.3, -0.25) is 0 Å². The van der Waals surface area contributed by atoms with Crippen LogP contribution in [-0.4, -0.2) is 7.11 Å². The number of nitrogens with two attached hydrogens (primary N) is 1. The molecule has 0 amide bonds. The molecule has 0 atom stereocenters. The van der Waals surface area contributed by atoms with Gasteiger partial charge in [-0.2, -0.15) is 0 Å². The largest absolute Gasteiger partial charge is 0.497 e. The number of halogens is 2. The van der Waals surface area contributed by atoms with E-state index in [4.69, 9.17) is 26.8 Å². The molecule has 0 aliphatic rings. The molecule has 19 heavy (non-hydrogen) atoms. The minimum absolute atomic E-state index is 0.477. The van der Waals surface area contributed by atoms with Crippen LogP contribution in [0, 0.1) is 6.92 Å². The molecule has 0 saturated heterocycles. The third-order valence-corrected chi connectivity index (χ3v) is 3.60. The molecule has 2 rings (SSSR count). The van der Waals surface area contributed by atoms with Gasteiger partial charge in [-0.1, -0.05) is 11.6 Å². The monoisotopic (exact) mass is 341 g/mol. The van der Waals surface area contributed by atoms with Crippen LogP contribution >= 0.6 is 27.5 Å². The van der Waals surface area contributed by atoms with Crippen molar-refractivity contribution in [3.63, 3.8) is 0 Å². The third-order valence-electron chi connectivity index (χ3n) is 2.65. The summed E-state index contributed by atoms with van der Waals surface area (Å²) in [5, 5.41) is 0.477. The zero-order chi connectivity index (χ0) is 14.0. The number of benzene rings is 2. The van der Waals surface area contributed by atoms with Gasteiger partial charge in [0.2, 0.25) is 0 Å². The molecule has 0 unspecified atom stereocenters. The standard InChI is InChI=1S/C14H13BrClNO2/c1-8-5-12(17)11(16)7-14(8)19-13-4-3-9(18-2)6-10(13)15/h3-7H,17H2,1-2H3. The Morgan fingerprint density at radius 1 is 1.16 bits per heavy atom. The number of methoxy groups -OCH3 is 1. The lowest BCUT2D eigenvalue weighted by atomic mass is 10.2. The zero-order valence-electron chi connectivity index (χ0n) is 10.5. The van der Waals surface area contributed by atoms with Crippen LogP contribution in [0.2, 0.25) is 5.02 Å². The lowest BCUT2D eigenvalue weighted by Gasteiger charge is -2.12. The van der Waals surface area contributed by atoms with Crippen molar-refractivity contribution in [2.24, 2.45) is 0 Å². The SMILES string of the molecule is COc1ccc(Oc2cc(Cl)c(N)cc2C)c(Br)c1. The lowest BCUT2D eigenvalue weighted by molar-refractivity contribution is 0.412. The molecule has 2 aromatic rings. The Hall–Kier alpha value is -1.39. The van der Waals surface area contributed by atoms with Crippen molar-refractivity contribution in [2.45, 2.75) is 6.92 Å². The van der Waals surface area contributed by atoms with Gasteiger partial charge in [-0.25, -0.2) is 0 Å². The second-order valence-electron chi connectivity index (χ2n) is 4.04. The van der Waals surface area contributed by atoms with Crippen molar-refractivity contribution in [3.8, 4) is 17.2 Å². The first-order valence-electron chi connectivity index (χ1n) is 5.58. The Morgan fingerprint density at radius 2 is 1.89 bits per heavy atom. The van der Waals surface area contributed by atoms with E-state index >= 15 is 0 Å². The van der Waals surface area contributed by atoms with E-state index in [0.29, 0.717) is 22.2 Å². The van der Waals surface area contributed by atoms with E-state index in [-0.39, 0.29) is 0 Å². The predicted molar refractivity (Wildman–Crippen MR) is 81.4 cm³/mol. The van der Waals surface area contributed by atoms with E-state index in [1.54, 1.807) is 19.2 Å². The Bertz CT molecular complexity index is 617. The van der Waals surface area contributed by atoms with Crippen LogP contribution in [0.15, 0.2) is 34.8 Å².